The first kappa shape index (κ1) is 20.9. The molecule has 2 aromatic rings. The summed E-state index contributed by atoms with van der Waals surface area (Å²) in [5.41, 5.74) is 1.38. The lowest BCUT2D eigenvalue weighted by Crippen LogP contribution is -2.14. The third kappa shape index (κ3) is 6.60. The van der Waals surface area contributed by atoms with Gasteiger partial charge in [0.25, 0.3) is 0 Å². The summed E-state index contributed by atoms with van der Waals surface area (Å²) in [4.78, 5) is 24.0. The minimum atomic E-state index is -3.22. The van der Waals surface area contributed by atoms with Crippen LogP contribution in [0.1, 0.15) is 25.7 Å². The van der Waals surface area contributed by atoms with Crippen molar-refractivity contribution in [3.8, 4) is 5.75 Å². The predicted molar refractivity (Wildman–Crippen MR) is 111 cm³/mol. The second-order valence-electron chi connectivity index (χ2n) is 7.08. The maximum Gasteiger partial charge on any atom is 0.227 e. The van der Waals surface area contributed by atoms with Crippen molar-refractivity contribution in [2.75, 3.05) is 23.5 Å². The molecule has 7 nitrogen and oxygen atoms in total. The zero-order valence-corrected chi connectivity index (χ0v) is 17.0. The lowest BCUT2D eigenvalue weighted by molar-refractivity contribution is -0.117. The normalized spacial score (nSPS) is 13.6. The third-order valence-corrected chi connectivity index (χ3v) is 5.58. The molecule has 0 aliphatic heterocycles. The molecular weight excluding hydrogens is 392 g/mol. The van der Waals surface area contributed by atoms with Gasteiger partial charge in [-0.05, 0) is 67.8 Å². The van der Waals surface area contributed by atoms with Gasteiger partial charge in [0.05, 0.1) is 11.5 Å². The molecule has 0 heterocycles. The zero-order chi connectivity index (χ0) is 20.9. The molecule has 0 radical (unpaired) electrons. The lowest BCUT2D eigenvalue weighted by atomic mass is 10.2. The van der Waals surface area contributed by atoms with Crippen LogP contribution < -0.4 is 15.4 Å². The molecule has 1 fully saturated rings. The van der Waals surface area contributed by atoms with E-state index in [9.17, 15) is 18.0 Å². The summed E-state index contributed by atoms with van der Waals surface area (Å²) in [6.07, 6.45) is 3.88. The number of sulfone groups is 1. The Balaban J connectivity index is 1.37. The van der Waals surface area contributed by atoms with E-state index in [1.165, 1.54) is 12.1 Å². The molecule has 1 aliphatic carbocycles. The molecule has 0 spiro atoms. The third-order valence-electron chi connectivity index (χ3n) is 4.45. The Kier molecular flexibility index (Phi) is 6.53. The summed E-state index contributed by atoms with van der Waals surface area (Å²) in [5, 5.41) is 5.66. The SMILES string of the molecule is CS(=O)(=O)c1ccc(OCCCC(=O)Nc2ccc(NC(=O)C3CC3)cc2)cc1. The highest BCUT2D eigenvalue weighted by atomic mass is 32.2. The van der Waals surface area contributed by atoms with Crippen LogP contribution in [-0.4, -0.2) is 33.1 Å². The first-order chi connectivity index (χ1) is 13.8. The number of hydrogen-bond donors (Lipinski definition) is 2. The van der Waals surface area contributed by atoms with Crippen molar-refractivity contribution in [3.63, 3.8) is 0 Å². The van der Waals surface area contributed by atoms with Crippen molar-refractivity contribution in [1.82, 2.24) is 0 Å². The van der Waals surface area contributed by atoms with E-state index in [0.29, 0.717) is 30.9 Å². The maximum absolute atomic E-state index is 12.0. The Bertz CT molecular complexity index is 965. The molecule has 0 bridgehead atoms. The zero-order valence-electron chi connectivity index (χ0n) is 16.2. The monoisotopic (exact) mass is 416 g/mol. The van der Waals surface area contributed by atoms with Crippen molar-refractivity contribution in [3.05, 3.63) is 48.5 Å². The van der Waals surface area contributed by atoms with Crippen LogP contribution in [-0.2, 0) is 19.4 Å². The van der Waals surface area contributed by atoms with Crippen molar-refractivity contribution in [1.29, 1.82) is 0 Å². The van der Waals surface area contributed by atoms with Gasteiger partial charge in [-0.15, -0.1) is 0 Å². The molecule has 2 aromatic carbocycles. The molecule has 0 aromatic heterocycles. The summed E-state index contributed by atoms with van der Waals surface area (Å²) in [6, 6.07) is 13.2. The number of ether oxygens (including phenoxy) is 1. The summed E-state index contributed by atoms with van der Waals surface area (Å²) >= 11 is 0. The van der Waals surface area contributed by atoms with E-state index < -0.39 is 9.84 Å². The van der Waals surface area contributed by atoms with E-state index in [2.05, 4.69) is 10.6 Å². The Morgan fingerprint density at radius 1 is 0.966 bits per heavy atom. The summed E-state index contributed by atoms with van der Waals surface area (Å²) < 4.78 is 28.4. The van der Waals surface area contributed by atoms with Crippen molar-refractivity contribution in [2.45, 2.75) is 30.6 Å². The molecule has 0 unspecified atom stereocenters. The molecule has 8 heteroatoms. The van der Waals surface area contributed by atoms with Crippen molar-refractivity contribution in [2.24, 2.45) is 5.92 Å². The molecule has 154 valence electrons. The van der Waals surface area contributed by atoms with Gasteiger partial charge < -0.3 is 15.4 Å². The van der Waals surface area contributed by atoms with E-state index in [4.69, 9.17) is 4.74 Å². The van der Waals surface area contributed by atoms with Crippen LogP contribution >= 0.6 is 0 Å². The Hall–Kier alpha value is -2.87. The van der Waals surface area contributed by atoms with E-state index in [1.54, 1.807) is 36.4 Å². The van der Waals surface area contributed by atoms with Gasteiger partial charge in [0, 0.05) is 30.0 Å². The van der Waals surface area contributed by atoms with Crippen LogP contribution in [0.25, 0.3) is 0 Å². The van der Waals surface area contributed by atoms with Gasteiger partial charge in [-0.1, -0.05) is 0 Å². The topological polar surface area (TPSA) is 102 Å². The molecule has 3 rings (SSSR count). The number of benzene rings is 2. The number of nitrogens with one attached hydrogen (secondary N) is 2. The van der Waals surface area contributed by atoms with E-state index >= 15 is 0 Å². The smallest absolute Gasteiger partial charge is 0.227 e. The molecule has 1 aliphatic rings. The largest absolute Gasteiger partial charge is 0.494 e. The Morgan fingerprint density at radius 3 is 2.10 bits per heavy atom. The van der Waals surface area contributed by atoms with Gasteiger partial charge in [0.2, 0.25) is 11.8 Å². The van der Waals surface area contributed by atoms with Crippen molar-refractivity contribution < 1.29 is 22.7 Å². The average molecular weight is 416 g/mol. The Morgan fingerprint density at radius 2 is 1.55 bits per heavy atom. The number of rotatable bonds is 9. The van der Waals surface area contributed by atoms with Crippen LogP contribution in [0, 0.1) is 5.92 Å². The Labute approximate surface area is 170 Å². The number of carbonyl (C=O) groups excluding carboxylic acids is 2. The summed E-state index contributed by atoms with van der Waals surface area (Å²) in [7, 11) is -3.22. The fourth-order valence-corrected chi connectivity index (χ4v) is 3.29. The van der Waals surface area contributed by atoms with Crippen LogP contribution in [0.4, 0.5) is 11.4 Å². The molecular formula is C21H24N2O5S. The fraction of sp³-hybridized carbons (Fsp3) is 0.333. The maximum atomic E-state index is 12.0. The second kappa shape index (κ2) is 9.09. The highest BCUT2D eigenvalue weighted by molar-refractivity contribution is 7.90. The van der Waals surface area contributed by atoms with Gasteiger partial charge >= 0.3 is 0 Å². The summed E-state index contributed by atoms with van der Waals surface area (Å²) in [6.45, 7) is 0.345. The molecule has 2 amide bonds. The number of amides is 2. The van der Waals surface area contributed by atoms with E-state index in [0.717, 1.165) is 24.8 Å². The first-order valence-corrected chi connectivity index (χ1v) is 11.3. The first-order valence-electron chi connectivity index (χ1n) is 9.45. The van der Waals surface area contributed by atoms with Crippen LogP contribution in [0.3, 0.4) is 0 Å². The standard InChI is InChI=1S/C21H24N2O5S/c1-29(26,27)19-12-10-18(11-13-19)28-14-2-3-20(24)22-16-6-8-17(9-7-16)23-21(25)15-4-5-15/h6-13,15H,2-5,14H2,1H3,(H,22,24)(H,23,25). The van der Waals surface area contributed by atoms with E-state index in [1.807, 2.05) is 0 Å². The van der Waals surface area contributed by atoms with Gasteiger partial charge in [-0.3, -0.25) is 9.59 Å². The van der Waals surface area contributed by atoms with Gasteiger partial charge in [-0.25, -0.2) is 8.42 Å². The average Bonchev–Trinajstić information content (AvgIpc) is 3.52. The van der Waals surface area contributed by atoms with Gasteiger partial charge in [0.15, 0.2) is 9.84 Å². The molecule has 2 N–H and O–H groups in total. The quantitative estimate of drug-likeness (QED) is 0.611. The van der Waals surface area contributed by atoms with E-state index in [-0.39, 0.29) is 22.6 Å². The van der Waals surface area contributed by atoms with Crippen LogP contribution in [0.5, 0.6) is 5.75 Å². The number of anilines is 2. The summed E-state index contributed by atoms with van der Waals surface area (Å²) in [5.74, 6) is 0.624. The highest BCUT2D eigenvalue weighted by Gasteiger charge is 2.29. The molecule has 0 saturated heterocycles. The number of carbonyl (C=O) groups is 2. The highest BCUT2D eigenvalue weighted by Crippen LogP contribution is 2.30. The van der Waals surface area contributed by atoms with Gasteiger partial charge in [0.1, 0.15) is 5.75 Å². The minimum absolute atomic E-state index is 0.0488. The predicted octanol–water partition coefficient (Wildman–Crippen LogP) is 3.24. The molecule has 0 atom stereocenters. The fourth-order valence-electron chi connectivity index (χ4n) is 2.66. The van der Waals surface area contributed by atoms with Gasteiger partial charge in [-0.2, -0.15) is 0 Å². The van der Waals surface area contributed by atoms with Crippen LogP contribution in [0.2, 0.25) is 0 Å². The van der Waals surface area contributed by atoms with Crippen molar-refractivity contribution >= 4 is 33.0 Å². The lowest BCUT2D eigenvalue weighted by Gasteiger charge is -2.09. The second-order valence-corrected chi connectivity index (χ2v) is 9.10. The van der Waals surface area contributed by atoms with Crippen LogP contribution in [0.15, 0.2) is 53.4 Å². The molecule has 1 saturated carbocycles. The molecule has 29 heavy (non-hydrogen) atoms. The minimum Gasteiger partial charge on any atom is -0.494 e. The number of hydrogen-bond acceptors (Lipinski definition) is 5.